The van der Waals surface area contributed by atoms with E-state index in [1.54, 1.807) is 0 Å². The standard InChI is InChI=1S/C15H19NO3/c17-14-11-16(10-12-5-2-1-3-6-12)8-4-7-13(14)9-15(18)19/h1-3,5-6,13H,4,7-11H2,(H,18,19). The molecular weight excluding hydrogens is 242 g/mol. The summed E-state index contributed by atoms with van der Waals surface area (Å²) in [6.45, 7) is 1.98. The first kappa shape index (κ1) is 13.7. The van der Waals surface area contributed by atoms with Gasteiger partial charge in [-0.1, -0.05) is 30.3 Å². The molecule has 2 rings (SSSR count). The van der Waals surface area contributed by atoms with Crippen molar-refractivity contribution in [3.63, 3.8) is 0 Å². The van der Waals surface area contributed by atoms with E-state index in [2.05, 4.69) is 4.90 Å². The third-order valence-electron chi connectivity index (χ3n) is 3.53. The summed E-state index contributed by atoms with van der Waals surface area (Å²) in [7, 11) is 0. The molecule has 1 atom stereocenters. The summed E-state index contributed by atoms with van der Waals surface area (Å²) in [5.74, 6) is -1.12. The van der Waals surface area contributed by atoms with Crippen LogP contribution in [-0.4, -0.2) is 34.8 Å². The fraction of sp³-hybridized carbons (Fsp3) is 0.467. The lowest BCUT2D eigenvalue weighted by Crippen LogP contribution is -2.30. The molecule has 0 amide bonds. The minimum atomic E-state index is -0.880. The highest BCUT2D eigenvalue weighted by atomic mass is 16.4. The normalized spacial score (nSPS) is 21.1. The second kappa shape index (κ2) is 6.48. The lowest BCUT2D eigenvalue weighted by atomic mass is 9.96. The molecule has 1 heterocycles. The van der Waals surface area contributed by atoms with Crippen LogP contribution in [0.2, 0.25) is 0 Å². The Bertz CT molecular complexity index is 444. The first-order valence-electron chi connectivity index (χ1n) is 6.66. The Hall–Kier alpha value is -1.68. The molecule has 0 aliphatic carbocycles. The Balaban J connectivity index is 1.95. The van der Waals surface area contributed by atoms with E-state index in [0.717, 1.165) is 19.5 Å². The second-order valence-corrected chi connectivity index (χ2v) is 5.10. The third kappa shape index (κ3) is 4.17. The van der Waals surface area contributed by atoms with Crippen molar-refractivity contribution in [3.05, 3.63) is 35.9 Å². The van der Waals surface area contributed by atoms with Gasteiger partial charge in [0.15, 0.2) is 0 Å². The fourth-order valence-electron chi connectivity index (χ4n) is 2.55. The molecule has 0 radical (unpaired) electrons. The summed E-state index contributed by atoms with van der Waals surface area (Å²) >= 11 is 0. The SMILES string of the molecule is O=C(O)CC1CCCN(Cc2ccccc2)CC1=O. The molecule has 0 aromatic heterocycles. The number of carboxylic acids is 1. The molecule has 0 bridgehead atoms. The summed E-state index contributed by atoms with van der Waals surface area (Å²) in [5, 5.41) is 8.81. The topological polar surface area (TPSA) is 57.6 Å². The lowest BCUT2D eigenvalue weighted by Gasteiger charge is -2.19. The quantitative estimate of drug-likeness (QED) is 0.900. The maximum atomic E-state index is 12.0. The molecule has 1 saturated heterocycles. The number of likely N-dealkylation sites (tertiary alicyclic amines) is 1. The molecule has 1 unspecified atom stereocenters. The molecule has 0 saturated carbocycles. The van der Waals surface area contributed by atoms with Crippen LogP contribution in [0.1, 0.15) is 24.8 Å². The summed E-state index contributed by atoms with van der Waals surface area (Å²) in [4.78, 5) is 24.9. The summed E-state index contributed by atoms with van der Waals surface area (Å²) < 4.78 is 0. The molecule has 0 spiro atoms. The van der Waals surface area contributed by atoms with Gasteiger partial charge in [-0.05, 0) is 24.9 Å². The average molecular weight is 261 g/mol. The molecule has 19 heavy (non-hydrogen) atoms. The van der Waals surface area contributed by atoms with E-state index in [1.165, 1.54) is 5.56 Å². The number of benzene rings is 1. The first-order chi connectivity index (χ1) is 9.15. The zero-order chi connectivity index (χ0) is 13.7. The highest BCUT2D eigenvalue weighted by molar-refractivity contribution is 5.86. The van der Waals surface area contributed by atoms with Crippen LogP contribution in [-0.2, 0) is 16.1 Å². The minimum absolute atomic E-state index is 0.0298. The van der Waals surface area contributed by atoms with E-state index in [9.17, 15) is 9.59 Å². The van der Waals surface area contributed by atoms with Gasteiger partial charge >= 0.3 is 5.97 Å². The van der Waals surface area contributed by atoms with Gasteiger partial charge in [0, 0.05) is 12.5 Å². The largest absolute Gasteiger partial charge is 0.481 e. The van der Waals surface area contributed by atoms with Gasteiger partial charge in [-0.25, -0.2) is 0 Å². The number of carboxylic acid groups (broad SMARTS) is 1. The number of aliphatic carboxylic acids is 1. The monoisotopic (exact) mass is 261 g/mol. The molecule has 4 heteroatoms. The smallest absolute Gasteiger partial charge is 0.304 e. The predicted molar refractivity (Wildman–Crippen MR) is 71.7 cm³/mol. The van der Waals surface area contributed by atoms with Crippen molar-refractivity contribution in [2.75, 3.05) is 13.1 Å². The molecule has 4 nitrogen and oxygen atoms in total. The van der Waals surface area contributed by atoms with Gasteiger partial charge in [-0.2, -0.15) is 0 Å². The molecule has 1 fully saturated rings. The number of Topliss-reactive ketones (excluding diaryl/α,β-unsaturated/α-hetero) is 1. The number of hydrogen-bond acceptors (Lipinski definition) is 3. The van der Waals surface area contributed by atoms with Crippen LogP contribution in [0, 0.1) is 5.92 Å². The summed E-state index contributed by atoms with van der Waals surface area (Å²) in [5.41, 5.74) is 1.19. The van der Waals surface area contributed by atoms with Gasteiger partial charge in [0.1, 0.15) is 5.78 Å². The highest BCUT2D eigenvalue weighted by Crippen LogP contribution is 2.19. The van der Waals surface area contributed by atoms with Crippen molar-refractivity contribution in [3.8, 4) is 0 Å². The number of hydrogen-bond donors (Lipinski definition) is 1. The molecule has 1 N–H and O–H groups in total. The fourth-order valence-corrected chi connectivity index (χ4v) is 2.55. The Morgan fingerprint density at radius 2 is 2.05 bits per heavy atom. The number of rotatable bonds is 4. The molecule has 1 aliphatic rings. The third-order valence-corrected chi connectivity index (χ3v) is 3.53. The van der Waals surface area contributed by atoms with Gasteiger partial charge < -0.3 is 5.11 Å². The van der Waals surface area contributed by atoms with E-state index < -0.39 is 5.97 Å². The van der Waals surface area contributed by atoms with Crippen LogP contribution < -0.4 is 0 Å². The maximum absolute atomic E-state index is 12.0. The van der Waals surface area contributed by atoms with Crippen molar-refractivity contribution in [2.24, 2.45) is 5.92 Å². The minimum Gasteiger partial charge on any atom is -0.481 e. The van der Waals surface area contributed by atoms with Crippen LogP contribution >= 0.6 is 0 Å². The number of ketones is 1. The number of carbonyl (C=O) groups is 2. The van der Waals surface area contributed by atoms with Gasteiger partial charge in [-0.15, -0.1) is 0 Å². The van der Waals surface area contributed by atoms with Gasteiger partial charge in [0.25, 0.3) is 0 Å². The van der Waals surface area contributed by atoms with E-state index in [4.69, 9.17) is 5.11 Å². The van der Waals surface area contributed by atoms with Crippen LogP contribution in [0.3, 0.4) is 0 Å². The Morgan fingerprint density at radius 3 is 2.74 bits per heavy atom. The van der Waals surface area contributed by atoms with Crippen LogP contribution in [0.4, 0.5) is 0 Å². The zero-order valence-electron chi connectivity index (χ0n) is 10.9. The highest BCUT2D eigenvalue weighted by Gasteiger charge is 2.26. The van der Waals surface area contributed by atoms with E-state index in [1.807, 2.05) is 30.3 Å². The van der Waals surface area contributed by atoms with Gasteiger partial charge in [0.2, 0.25) is 0 Å². The van der Waals surface area contributed by atoms with E-state index >= 15 is 0 Å². The van der Waals surface area contributed by atoms with Crippen LogP contribution in [0.25, 0.3) is 0 Å². The van der Waals surface area contributed by atoms with Gasteiger partial charge in [0.05, 0.1) is 13.0 Å². The van der Waals surface area contributed by atoms with E-state index in [0.29, 0.717) is 13.0 Å². The zero-order valence-corrected chi connectivity index (χ0v) is 10.9. The number of nitrogens with zero attached hydrogens (tertiary/aromatic N) is 1. The molecule has 1 aliphatic heterocycles. The van der Waals surface area contributed by atoms with Crippen molar-refractivity contribution < 1.29 is 14.7 Å². The Labute approximate surface area is 113 Å². The van der Waals surface area contributed by atoms with Crippen LogP contribution in [0.15, 0.2) is 30.3 Å². The number of carbonyl (C=O) groups excluding carboxylic acids is 1. The Morgan fingerprint density at radius 1 is 1.32 bits per heavy atom. The maximum Gasteiger partial charge on any atom is 0.304 e. The van der Waals surface area contributed by atoms with Gasteiger partial charge in [-0.3, -0.25) is 14.5 Å². The summed E-state index contributed by atoms with van der Waals surface area (Å²) in [6.07, 6.45) is 1.55. The second-order valence-electron chi connectivity index (χ2n) is 5.10. The van der Waals surface area contributed by atoms with Crippen molar-refractivity contribution >= 4 is 11.8 Å². The first-order valence-corrected chi connectivity index (χ1v) is 6.66. The molecule has 102 valence electrons. The van der Waals surface area contributed by atoms with Crippen molar-refractivity contribution in [1.29, 1.82) is 0 Å². The molecule has 1 aromatic carbocycles. The average Bonchev–Trinajstić information content (AvgIpc) is 2.53. The Kier molecular flexibility index (Phi) is 4.68. The molecule has 1 aromatic rings. The van der Waals surface area contributed by atoms with Crippen molar-refractivity contribution in [1.82, 2.24) is 4.90 Å². The predicted octanol–water partition coefficient (Wildman–Crippen LogP) is 1.94. The van der Waals surface area contributed by atoms with E-state index in [-0.39, 0.29) is 18.1 Å². The lowest BCUT2D eigenvalue weighted by molar-refractivity contribution is -0.140. The van der Waals surface area contributed by atoms with Crippen molar-refractivity contribution in [2.45, 2.75) is 25.8 Å². The molecular formula is C15H19NO3. The van der Waals surface area contributed by atoms with Crippen LogP contribution in [0.5, 0.6) is 0 Å². The summed E-state index contributed by atoms with van der Waals surface area (Å²) in [6, 6.07) is 10.0.